The van der Waals surface area contributed by atoms with Crippen LogP contribution in [0, 0.1) is 5.92 Å². The number of ether oxygens (including phenoxy) is 1. The number of rotatable bonds is 7. The quantitative estimate of drug-likeness (QED) is 0.828. The maximum absolute atomic E-state index is 5.15. The van der Waals surface area contributed by atoms with Gasteiger partial charge >= 0.3 is 0 Å². The number of benzene rings is 1. The average Bonchev–Trinajstić information content (AvgIpc) is 2.49. The van der Waals surface area contributed by atoms with Gasteiger partial charge in [-0.1, -0.05) is 31.2 Å². The second-order valence-electron chi connectivity index (χ2n) is 5.78. The first-order valence-electron chi connectivity index (χ1n) is 7.81. The van der Waals surface area contributed by atoms with Gasteiger partial charge in [0, 0.05) is 13.7 Å². The Hall–Kier alpha value is -0.900. The van der Waals surface area contributed by atoms with E-state index in [9.17, 15) is 0 Å². The number of nitrogens with one attached hydrogen (secondary N) is 1. The van der Waals surface area contributed by atoms with E-state index in [0.717, 1.165) is 19.0 Å². The van der Waals surface area contributed by atoms with Crippen LogP contribution in [0.4, 0.5) is 0 Å². The number of likely N-dealkylation sites (tertiary alicyclic amines) is 1. The minimum Gasteiger partial charge on any atom is -0.380 e. The second-order valence-corrected chi connectivity index (χ2v) is 5.78. The zero-order valence-electron chi connectivity index (χ0n) is 12.9. The maximum Gasteiger partial charge on any atom is 0.0713 e. The third kappa shape index (κ3) is 4.89. The van der Waals surface area contributed by atoms with Gasteiger partial charge in [0.25, 0.3) is 0 Å². The number of methoxy groups -OCH3 is 1. The molecule has 1 saturated heterocycles. The summed E-state index contributed by atoms with van der Waals surface area (Å²) < 4.78 is 5.15. The summed E-state index contributed by atoms with van der Waals surface area (Å²) in [4.78, 5) is 2.58. The van der Waals surface area contributed by atoms with Crippen molar-refractivity contribution in [3.63, 3.8) is 0 Å². The first-order valence-corrected chi connectivity index (χ1v) is 7.81. The van der Waals surface area contributed by atoms with Crippen LogP contribution < -0.4 is 5.32 Å². The van der Waals surface area contributed by atoms with Crippen molar-refractivity contribution in [1.29, 1.82) is 0 Å². The van der Waals surface area contributed by atoms with E-state index in [2.05, 4.69) is 41.4 Å². The van der Waals surface area contributed by atoms with Crippen LogP contribution in [0.1, 0.15) is 30.9 Å². The van der Waals surface area contributed by atoms with E-state index in [-0.39, 0.29) is 0 Å². The standard InChI is InChI=1S/C17H28N2O/c1-3-18-12-15-8-10-19(11-9-15)13-16-4-6-17(7-5-16)14-20-2/h4-7,15,18H,3,8-14H2,1-2H3. The molecule has 0 unspecified atom stereocenters. The number of hydrogen-bond acceptors (Lipinski definition) is 3. The van der Waals surface area contributed by atoms with Crippen LogP contribution in [0.2, 0.25) is 0 Å². The molecule has 2 rings (SSSR count). The number of piperidine rings is 1. The predicted molar refractivity (Wildman–Crippen MR) is 83.7 cm³/mol. The van der Waals surface area contributed by atoms with Crippen molar-refractivity contribution in [1.82, 2.24) is 10.2 Å². The lowest BCUT2D eigenvalue weighted by atomic mass is 9.96. The zero-order valence-corrected chi connectivity index (χ0v) is 12.9. The number of hydrogen-bond donors (Lipinski definition) is 1. The highest BCUT2D eigenvalue weighted by molar-refractivity contribution is 5.22. The van der Waals surface area contributed by atoms with Crippen LogP contribution in [-0.2, 0) is 17.9 Å². The van der Waals surface area contributed by atoms with Crippen molar-refractivity contribution in [3.8, 4) is 0 Å². The van der Waals surface area contributed by atoms with Crippen molar-refractivity contribution < 1.29 is 4.74 Å². The highest BCUT2D eigenvalue weighted by Crippen LogP contribution is 2.18. The van der Waals surface area contributed by atoms with Gasteiger partial charge in [-0.3, -0.25) is 4.90 Å². The minimum absolute atomic E-state index is 0.704. The van der Waals surface area contributed by atoms with Gasteiger partial charge in [-0.05, 0) is 56.1 Å². The van der Waals surface area contributed by atoms with Crippen molar-refractivity contribution in [3.05, 3.63) is 35.4 Å². The molecule has 0 spiro atoms. The SMILES string of the molecule is CCNCC1CCN(Cc2ccc(COC)cc2)CC1. The Morgan fingerprint density at radius 2 is 1.80 bits per heavy atom. The van der Waals surface area contributed by atoms with E-state index in [1.807, 2.05) is 0 Å². The molecule has 0 bridgehead atoms. The fourth-order valence-electron chi connectivity index (χ4n) is 2.86. The van der Waals surface area contributed by atoms with Gasteiger partial charge in [-0.2, -0.15) is 0 Å². The van der Waals surface area contributed by atoms with E-state index >= 15 is 0 Å². The Balaban J connectivity index is 1.74. The molecule has 0 aliphatic carbocycles. The summed E-state index contributed by atoms with van der Waals surface area (Å²) in [5.74, 6) is 0.871. The Morgan fingerprint density at radius 1 is 1.15 bits per heavy atom. The molecule has 1 aromatic carbocycles. The molecule has 0 saturated carbocycles. The summed E-state index contributed by atoms with van der Waals surface area (Å²) in [6.45, 7) is 8.72. The van der Waals surface area contributed by atoms with Crippen LogP contribution in [0.25, 0.3) is 0 Å². The van der Waals surface area contributed by atoms with Gasteiger partial charge in [0.05, 0.1) is 6.61 Å². The molecular weight excluding hydrogens is 248 g/mol. The first-order chi connectivity index (χ1) is 9.81. The minimum atomic E-state index is 0.704. The van der Waals surface area contributed by atoms with Gasteiger partial charge in [0.15, 0.2) is 0 Å². The van der Waals surface area contributed by atoms with E-state index in [1.165, 1.54) is 43.6 Å². The lowest BCUT2D eigenvalue weighted by Crippen LogP contribution is -2.36. The van der Waals surface area contributed by atoms with E-state index < -0.39 is 0 Å². The molecule has 0 amide bonds. The third-order valence-corrected chi connectivity index (χ3v) is 4.13. The van der Waals surface area contributed by atoms with Crippen LogP contribution in [0.3, 0.4) is 0 Å². The summed E-state index contributed by atoms with van der Waals surface area (Å²) in [6, 6.07) is 8.83. The molecule has 1 heterocycles. The summed E-state index contributed by atoms with van der Waals surface area (Å²) in [5.41, 5.74) is 2.66. The topological polar surface area (TPSA) is 24.5 Å². The molecule has 1 aliphatic heterocycles. The molecular formula is C17H28N2O. The smallest absolute Gasteiger partial charge is 0.0713 e. The Morgan fingerprint density at radius 3 is 2.40 bits per heavy atom. The van der Waals surface area contributed by atoms with Crippen molar-refractivity contribution in [2.75, 3.05) is 33.3 Å². The van der Waals surface area contributed by atoms with Crippen LogP contribution in [0.5, 0.6) is 0 Å². The molecule has 1 aliphatic rings. The highest BCUT2D eigenvalue weighted by Gasteiger charge is 2.18. The monoisotopic (exact) mass is 276 g/mol. The molecule has 20 heavy (non-hydrogen) atoms. The summed E-state index contributed by atoms with van der Waals surface area (Å²) in [6.07, 6.45) is 2.66. The lowest BCUT2D eigenvalue weighted by Gasteiger charge is -2.32. The average molecular weight is 276 g/mol. The fraction of sp³-hybridized carbons (Fsp3) is 0.647. The third-order valence-electron chi connectivity index (χ3n) is 4.13. The van der Waals surface area contributed by atoms with Gasteiger partial charge < -0.3 is 10.1 Å². The van der Waals surface area contributed by atoms with Crippen molar-refractivity contribution >= 4 is 0 Å². The van der Waals surface area contributed by atoms with Crippen LogP contribution in [0.15, 0.2) is 24.3 Å². The van der Waals surface area contributed by atoms with Gasteiger partial charge in [-0.15, -0.1) is 0 Å². The normalized spacial score (nSPS) is 17.5. The van der Waals surface area contributed by atoms with Gasteiger partial charge in [0.2, 0.25) is 0 Å². The van der Waals surface area contributed by atoms with E-state index in [0.29, 0.717) is 6.61 Å². The lowest BCUT2D eigenvalue weighted by molar-refractivity contribution is 0.175. The van der Waals surface area contributed by atoms with Crippen molar-refractivity contribution in [2.45, 2.75) is 32.9 Å². The fourth-order valence-corrected chi connectivity index (χ4v) is 2.86. The van der Waals surface area contributed by atoms with Gasteiger partial charge in [-0.25, -0.2) is 0 Å². The van der Waals surface area contributed by atoms with Gasteiger partial charge in [0.1, 0.15) is 0 Å². The van der Waals surface area contributed by atoms with Crippen LogP contribution in [-0.4, -0.2) is 38.2 Å². The highest BCUT2D eigenvalue weighted by atomic mass is 16.5. The van der Waals surface area contributed by atoms with E-state index in [4.69, 9.17) is 4.74 Å². The second kappa shape index (κ2) is 8.40. The van der Waals surface area contributed by atoms with Crippen molar-refractivity contribution in [2.24, 2.45) is 5.92 Å². The predicted octanol–water partition coefficient (Wildman–Crippen LogP) is 2.65. The Bertz CT molecular complexity index is 369. The summed E-state index contributed by atoms with van der Waals surface area (Å²) >= 11 is 0. The molecule has 1 aromatic rings. The molecule has 3 heteroatoms. The Labute approximate surface area is 123 Å². The molecule has 1 fully saturated rings. The molecule has 1 N–H and O–H groups in total. The largest absolute Gasteiger partial charge is 0.380 e. The maximum atomic E-state index is 5.15. The Kier molecular flexibility index (Phi) is 6.51. The molecule has 112 valence electrons. The summed E-state index contributed by atoms with van der Waals surface area (Å²) in [7, 11) is 1.74. The summed E-state index contributed by atoms with van der Waals surface area (Å²) in [5, 5.41) is 3.47. The van der Waals surface area contributed by atoms with E-state index in [1.54, 1.807) is 7.11 Å². The zero-order chi connectivity index (χ0) is 14.2. The number of nitrogens with zero attached hydrogens (tertiary/aromatic N) is 1. The first kappa shape index (κ1) is 15.5. The molecule has 0 aromatic heterocycles. The molecule has 0 atom stereocenters. The molecule has 3 nitrogen and oxygen atoms in total. The molecule has 0 radical (unpaired) electrons. The van der Waals surface area contributed by atoms with Crippen LogP contribution >= 0.6 is 0 Å².